The minimum Gasteiger partial charge on any atom is -0.444 e. The number of fused-ring (bicyclic) bond motifs is 1. The Bertz CT molecular complexity index is 631. The van der Waals surface area contributed by atoms with E-state index in [1.54, 1.807) is 4.90 Å². The third-order valence-corrected chi connectivity index (χ3v) is 4.52. The number of benzene rings is 1. The summed E-state index contributed by atoms with van der Waals surface area (Å²) in [6, 6.07) is 8.62. The summed E-state index contributed by atoms with van der Waals surface area (Å²) in [6.45, 7) is 8.12. The van der Waals surface area contributed by atoms with Crippen LogP contribution >= 0.6 is 0 Å². The Kier molecular flexibility index (Phi) is 4.09. The van der Waals surface area contributed by atoms with Crippen molar-refractivity contribution in [2.75, 3.05) is 31.6 Å². The highest BCUT2D eigenvalue weighted by Gasteiger charge is 2.31. The smallest absolute Gasteiger partial charge is 0.410 e. The van der Waals surface area contributed by atoms with E-state index >= 15 is 0 Å². The van der Waals surface area contributed by atoms with Gasteiger partial charge in [0, 0.05) is 38.3 Å². The summed E-state index contributed by atoms with van der Waals surface area (Å²) in [4.78, 5) is 16.3. The van der Waals surface area contributed by atoms with Crippen LogP contribution in [0.3, 0.4) is 0 Å². The predicted octanol–water partition coefficient (Wildman–Crippen LogP) is 3.79. The van der Waals surface area contributed by atoms with Crippen LogP contribution in [0.5, 0.6) is 0 Å². The molecule has 1 atom stereocenters. The monoisotopic (exact) mass is 314 g/mol. The zero-order chi connectivity index (χ0) is 16.6. The Morgan fingerprint density at radius 2 is 2.00 bits per heavy atom. The first-order chi connectivity index (χ1) is 10.8. The van der Waals surface area contributed by atoms with E-state index in [-0.39, 0.29) is 6.09 Å². The Hall–Kier alpha value is -1.97. The molecule has 1 aromatic rings. The van der Waals surface area contributed by atoms with Gasteiger partial charge in [0.2, 0.25) is 0 Å². The molecule has 0 fully saturated rings. The van der Waals surface area contributed by atoms with Crippen LogP contribution in [-0.2, 0) is 4.74 Å². The van der Waals surface area contributed by atoms with Crippen molar-refractivity contribution in [3.05, 3.63) is 41.5 Å². The molecule has 2 aliphatic heterocycles. The van der Waals surface area contributed by atoms with Gasteiger partial charge in [-0.1, -0.05) is 29.8 Å². The molecule has 0 aliphatic carbocycles. The van der Waals surface area contributed by atoms with Crippen LogP contribution in [0.15, 0.2) is 35.9 Å². The molecule has 0 saturated heterocycles. The molecule has 1 amide bonds. The highest BCUT2D eigenvalue weighted by Crippen LogP contribution is 2.40. The first-order valence-electron chi connectivity index (χ1n) is 8.32. The van der Waals surface area contributed by atoms with Gasteiger partial charge in [0.1, 0.15) is 5.60 Å². The second-order valence-corrected chi connectivity index (χ2v) is 7.45. The van der Waals surface area contributed by atoms with E-state index in [1.165, 1.54) is 16.8 Å². The van der Waals surface area contributed by atoms with E-state index in [4.69, 9.17) is 4.74 Å². The third kappa shape index (κ3) is 3.36. The molecule has 0 radical (unpaired) electrons. The van der Waals surface area contributed by atoms with Gasteiger partial charge < -0.3 is 14.5 Å². The number of hydrogen-bond donors (Lipinski definition) is 0. The van der Waals surface area contributed by atoms with E-state index in [2.05, 4.69) is 42.3 Å². The Balaban J connectivity index is 1.70. The maximum Gasteiger partial charge on any atom is 0.410 e. The summed E-state index contributed by atoms with van der Waals surface area (Å²) >= 11 is 0. The molecule has 2 heterocycles. The SMILES string of the molecule is CN1CC(C2=CCN(C(=O)OC(C)(C)C)CC2)c2ccccc21. The number of nitrogens with zero attached hydrogens (tertiary/aromatic N) is 2. The lowest BCUT2D eigenvalue weighted by molar-refractivity contribution is 0.0265. The number of carbonyl (C=O) groups is 1. The van der Waals surface area contributed by atoms with E-state index in [9.17, 15) is 4.79 Å². The van der Waals surface area contributed by atoms with E-state index < -0.39 is 5.60 Å². The number of rotatable bonds is 1. The predicted molar refractivity (Wildman–Crippen MR) is 93.0 cm³/mol. The largest absolute Gasteiger partial charge is 0.444 e. The molecular weight excluding hydrogens is 288 g/mol. The molecule has 0 N–H and O–H groups in total. The summed E-state index contributed by atoms with van der Waals surface area (Å²) in [7, 11) is 2.15. The number of amides is 1. The van der Waals surface area contributed by atoms with Crippen LogP contribution < -0.4 is 4.90 Å². The van der Waals surface area contributed by atoms with Crippen molar-refractivity contribution in [2.45, 2.75) is 38.7 Å². The topological polar surface area (TPSA) is 32.8 Å². The maximum absolute atomic E-state index is 12.2. The van der Waals surface area contributed by atoms with Crippen LogP contribution in [0.4, 0.5) is 10.5 Å². The average Bonchev–Trinajstić information content (AvgIpc) is 2.83. The molecule has 1 aromatic carbocycles. The molecule has 0 aromatic heterocycles. The van der Waals surface area contributed by atoms with E-state index in [0.29, 0.717) is 12.5 Å². The van der Waals surface area contributed by atoms with E-state index in [1.807, 2.05) is 20.8 Å². The lowest BCUT2D eigenvalue weighted by atomic mass is 9.89. The molecule has 4 nitrogen and oxygen atoms in total. The standard InChI is InChI=1S/C19H26N2O2/c1-19(2,3)23-18(22)21-11-9-14(10-12-21)16-13-20(4)17-8-6-5-7-15(16)17/h5-9,16H,10-13H2,1-4H3. The number of para-hydroxylation sites is 1. The fraction of sp³-hybridized carbons (Fsp3) is 0.526. The van der Waals surface area contributed by atoms with Gasteiger partial charge in [-0.15, -0.1) is 0 Å². The highest BCUT2D eigenvalue weighted by molar-refractivity contribution is 5.69. The molecule has 124 valence electrons. The summed E-state index contributed by atoms with van der Waals surface area (Å²) in [5, 5.41) is 0. The second-order valence-electron chi connectivity index (χ2n) is 7.45. The Morgan fingerprint density at radius 3 is 2.65 bits per heavy atom. The number of hydrogen-bond acceptors (Lipinski definition) is 3. The Labute approximate surface area is 138 Å². The molecule has 3 rings (SSSR count). The van der Waals surface area contributed by atoms with Gasteiger partial charge in [-0.3, -0.25) is 0 Å². The zero-order valence-electron chi connectivity index (χ0n) is 14.5. The summed E-state index contributed by atoms with van der Waals surface area (Å²) in [5.74, 6) is 0.456. The first-order valence-corrected chi connectivity index (χ1v) is 8.32. The van der Waals surface area contributed by atoms with Crippen molar-refractivity contribution >= 4 is 11.8 Å². The lowest BCUT2D eigenvalue weighted by Gasteiger charge is -2.31. The molecule has 4 heteroatoms. The molecule has 0 spiro atoms. The van der Waals surface area contributed by atoms with Crippen molar-refractivity contribution in [3.63, 3.8) is 0 Å². The second kappa shape index (κ2) is 5.91. The van der Waals surface area contributed by atoms with Gasteiger partial charge >= 0.3 is 6.09 Å². The molecule has 0 saturated carbocycles. The van der Waals surface area contributed by atoms with Crippen LogP contribution in [0.2, 0.25) is 0 Å². The van der Waals surface area contributed by atoms with Crippen LogP contribution in [0.1, 0.15) is 38.7 Å². The van der Waals surface area contributed by atoms with Crippen LogP contribution in [0, 0.1) is 0 Å². The Morgan fingerprint density at radius 1 is 1.26 bits per heavy atom. The normalized spacial score (nSPS) is 21.0. The minimum atomic E-state index is -0.436. The quantitative estimate of drug-likeness (QED) is 0.739. The lowest BCUT2D eigenvalue weighted by Crippen LogP contribution is -2.39. The van der Waals surface area contributed by atoms with Crippen molar-refractivity contribution in [3.8, 4) is 0 Å². The summed E-state index contributed by atoms with van der Waals surface area (Å²) < 4.78 is 5.46. The van der Waals surface area contributed by atoms with Crippen molar-refractivity contribution in [1.29, 1.82) is 0 Å². The van der Waals surface area contributed by atoms with E-state index in [0.717, 1.165) is 19.5 Å². The third-order valence-electron chi connectivity index (χ3n) is 4.52. The summed E-state index contributed by atoms with van der Waals surface area (Å²) in [5.41, 5.74) is 3.75. The van der Waals surface area contributed by atoms with Crippen LogP contribution in [0.25, 0.3) is 0 Å². The number of likely N-dealkylation sites (N-methyl/N-ethyl adjacent to an activating group) is 1. The fourth-order valence-corrected chi connectivity index (χ4v) is 3.41. The van der Waals surface area contributed by atoms with Gasteiger partial charge in [0.25, 0.3) is 0 Å². The number of carbonyl (C=O) groups excluding carboxylic acids is 1. The van der Waals surface area contributed by atoms with Gasteiger partial charge in [0.15, 0.2) is 0 Å². The first kappa shape index (κ1) is 15.9. The van der Waals surface area contributed by atoms with Crippen molar-refractivity contribution in [1.82, 2.24) is 4.90 Å². The molecule has 0 bridgehead atoms. The molecule has 2 aliphatic rings. The van der Waals surface area contributed by atoms with Crippen LogP contribution in [-0.4, -0.2) is 43.3 Å². The van der Waals surface area contributed by atoms with Gasteiger partial charge in [-0.05, 0) is 38.8 Å². The summed E-state index contributed by atoms with van der Waals surface area (Å²) in [6.07, 6.45) is 2.93. The van der Waals surface area contributed by atoms with Gasteiger partial charge in [-0.25, -0.2) is 4.79 Å². The molecule has 1 unspecified atom stereocenters. The fourth-order valence-electron chi connectivity index (χ4n) is 3.41. The van der Waals surface area contributed by atoms with Crippen molar-refractivity contribution < 1.29 is 9.53 Å². The average molecular weight is 314 g/mol. The number of anilines is 1. The van der Waals surface area contributed by atoms with Gasteiger partial charge in [-0.2, -0.15) is 0 Å². The van der Waals surface area contributed by atoms with Gasteiger partial charge in [0.05, 0.1) is 0 Å². The maximum atomic E-state index is 12.2. The van der Waals surface area contributed by atoms with Crippen molar-refractivity contribution in [2.24, 2.45) is 0 Å². The zero-order valence-corrected chi connectivity index (χ0v) is 14.5. The highest BCUT2D eigenvalue weighted by atomic mass is 16.6. The molecule has 23 heavy (non-hydrogen) atoms. The molecular formula is C19H26N2O2. The number of ether oxygens (including phenoxy) is 1. The minimum absolute atomic E-state index is 0.211.